The van der Waals surface area contributed by atoms with E-state index in [4.69, 9.17) is 4.74 Å². The van der Waals surface area contributed by atoms with Crippen molar-refractivity contribution in [3.8, 4) is 0 Å². The largest absolute Gasteiger partial charge is 0.461 e. The van der Waals surface area contributed by atoms with E-state index in [-0.39, 0.29) is 78.2 Å². The smallest absolute Gasteiger partial charge is 0.320 e. The van der Waals surface area contributed by atoms with E-state index in [1.54, 1.807) is 12.7 Å². The van der Waals surface area contributed by atoms with Gasteiger partial charge in [0.1, 0.15) is 18.2 Å². The van der Waals surface area contributed by atoms with Gasteiger partial charge in [-0.15, -0.1) is 31.4 Å². The van der Waals surface area contributed by atoms with Crippen LogP contribution in [0.3, 0.4) is 0 Å². The SMILES string of the molecule is C=C[C@]1(C)C[C@@H](OC(=O)CN2CCN(C(=O)CCn3cnc4c(N5CCC(CNC)C5)ncnc43)[C@@H](C)C2)[C@]2(C)[C@H](C)CC[C@]3(CCC(=O)[C@@H]32)[C@@H](C)[C@@H]1O.Cl.Cl. The number of aliphatic hydroxyl groups excluding tert-OH is 1. The number of hydrogen-bond acceptors (Lipinski definition) is 11. The van der Waals surface area contributed by atoms with Gasteiger partial charge in [-0.05, 0) is 75.8 Å². The van der Waals surface area contributed by atoms with Crippen molar-refractivity contribution in [2.75, 3.05) is 57.8 Å². The predicted molar refractivity (Wildman–Crippen MR) is 221 cm³/mol. The molecule has 2 aromatic rings. The molecule has 0 radical (unpaired) electrons. The zero-order valence-corrected chi connectivity index (χ0v) is 35.7. The zero-order valence-electron chi connectivity index (χ0n) is 34.1. The van der Waals surface area contributed by atoms with E-state index in [1.165, 1.54) is 0 Å². The van der Waals surface area contributed by atoms with Crippen LogP contribution in [-0.2, 0) is 25.7 Å². The number of ketones is 1. The standard InChI is InChI=1S/C41H62N8O5.2ClH/c1-8-39(5)19-31(40(6)26(2)9-13-41(28(4)36(39)53)14-10-30(50)35(40)41)54-33(52)23-46-17-18-49(27(3)21-46)32(51)12-16-48-25-45-34-37(43-24-44-38(34)48)47-15-11-29(22-47)20-42-7;;/h8,24-29,31,35-36,42,53H,1,9-23H2,2-7H3;2*1H/t26-,27+,28+,29?,31-,35-,36+,39-,40+,41+;;/m1../s1. The van der Waals surface area contributed by atoms with Gasteiger partial charge in [0.25, 0.3) is 0 Å². The molecule has 2 saturated heterocycles. The maximum atomic E-state index is 13.9. The van der Waals surface area contributed by atoms with Gasteiger partial charge in [0.2, 0.25) is 5.91 Å². The number of aryl methyl sites for hydroxylation is 1. The number of ether oxygens (including phenoxy) is 1. The molecule has 2 aromatic heterocycles. The van der Waals surface area contributed by atoms with Crippen molar-refractivity contribution in [3.05, 3.63) is 25.3 Å². The number of anilines is 1. The molecular weight excluding hydrogens is 755 g/mol. The number of aromatic nitrogens is 4. The van der Waals surface area contributed by atoms with Crippen molar-refractivity contribution in [3.63, 3.8) is 0 Å². The Hall–Kier alpha value is -2.84. The Morgan fingerprint density at radius 1 is 1.07 bits per heavy atom. The highest BCUT2D eigenvalue weighted by Gasteiger charge is 2.68. The van der Waals surface area contributed by atoms with Gasteiger partial charge in [0.05, 0.1) is 19.0 Å². The lowest BCUT2D eigenvalue weighted by molar-refractivity contribution is -0.207. The summed E-state index contributed by atoms with van der Waals surface area (Å²) in [6, 6.07) is -0.0806. The fraction of sp³-hybridized carbons (Fsp3) is 0.756. The van der Waals surface area contributed by atoms with E-state index in [0.29, 0.717) is 51.4 Å². The van der Waals surface area contributed by atoms with E-state index in [1.807, 2.05) is 36.4 Å². The van der Waals surface area contributed by atoms with Gasteiger partial charge >= 0.3 is 5.97 Å². The highest BCUT2D eigenvalue weighted by Crippen LogP contribution is 2.68. The number of imidazole rings is 1. The maximum absolute atomic E-state index is 13.9. The first-order chi connectivity index (χ1) is 25.8. The fourth-order valence-corrected chi connectivity index (χ4v) is 11.5. The number of hydrogen-bond donors (Lipinski definition) is 2. The molecule has 312 valence electrons. The first kappa shape index (κ1) is 44.3. The molecule has 56 heavy (non-hydrogen) atoms. The quantitative estimate of drug-likeness (QED) is 0.258. The number of nitrogens with one attached hydrogen (secondary N) is 1. The van der Waals surface area contributed by atoms with Gasteiger partial charge in [0, 0.05) is 74.9 Å². The van der Waals surface area contributed by atoms with Crippen LogP contribution in [0.15, 0.2) is 25.3 Å². The summed E-state index contributed by atoms with van der Waals surface area (Å²) in [6.45, 7) is 19.7. The summed E-state index contributed by atoms with van der Waals surface area (Å²) in [6.07, 6.45) is 8.92. The predicted octanol–water partition coefficient (Wildman–Crippen LogP) is 4.54. The van der Waals surface area contributed by atoms with Crippen LogP contribution in [0.25, 0.3) is 11.2 Å². The Morgan fingerprint density at radius 2 is 1.84 bits per heavy atom. The summed E-state index contributed by atoms with van der Waals surface area (Å²) >= 11 is 0. The van der Waals surface area contributed by atoms with E-state index in [2.05, 4.69) is 57.4 Å². The molecule has 1 unspecified atom stereocenters. The van der Waals surface area contributed by atoms with E-state index in [0.717, 1.165) is 62.3 Å². The molecule has 3 aliphatic carbocycles. The monoisotopic (exact) mass is 818 g/mol. The fourth-order valence-electron chi connectivity index (χ4n) is 11.5. The second kappa shape index (κ2) is 17.2. The van der Waals surface area contributed by atoms with Gasteiger partial charge in [-0.3, -0.25) is 19.3 Å². The molecule has 13 nitrogen and oxygen atoms in total. The summed E-state index contributed by atoms with van der Waals surface area (Å²) in [7, 11) is 1.98. The van der Waals surface area contributed by atoms with Crippen LogP contribution in [0.2, 0.25) is 0 Å². The van der Waals surface area contributed by atoms with Crippen LogP contribution >= 0.6 is 24.8 Å². The first-order valence-electron chi connectivity index (χ1n) is 20.4. The summed E-state index contributed by atoms with van der Waals surface area (Å²) in [5.74, 6) is 1.27. The lowest BCUT2D eigenvalue weighted by atomic mass is 9.44. The Bertz CT molecular complexity index is 1760. The summed E-state index contributed by atoms with van der Waals surface area (Å²) in [5, 5.41) is 15.1. The lowest BCUT2D eigenvalue weighted by Gasteiger charge is -2.61. The molecule has 15 heteroatoms. The molecule has 7 rings (SSSR count). The minimum atomic E-state index is -0.696. The van der Waals surface area contributed by atoms with Crippen molar-refractivity contribution < 1.29 is 24.2 Å². The molecule has 5 aliphatic rings. The Kier molecular flexibility index (Phi) is 13.6. The van der Waals surface area contributed by atoms with Crippen LogP contribution in [0.1, 0.15) is 79.6 Å². The van der Waals surface area contributed by atoms with E-state index in [9.17, 15) is 19.5 Å². The van der Waals surface area contributed by atoms with Crippen LogP contribution in [-0.4, -0.2) is 123 Å². The molecule has 5 fully saturated rings. The van der Waals surface area contributed by atoms with Gasteiger partial charge < -0.3 is 29.5 Å². The third kappa shape index (κ3) is 7.60. The van der Waals surface area contributed by atoms with Gasteiger partial charge in [-0.1, -0.05) is 33.8 Å². The second-order valence-electron chi connectivity index (χ2n) is 18.0. The molecule has 2 bridgehead atoms. The second-order valence-corrected chi connectivity index (χ2v) is 18.0. The first-order valence-corrected chi connectivity index (χ1v) is 20.4. The highest BCUT2D eigenvalue weighted by atomic mass is 35.5. The number of aliphatic hydroxyl groups is 1. The van der Waals surface area contributed by atoms with Crippen LogP contribution < -0.4 is 10.2 Å². The average molecular weight is 820 g/mol. The topological polar surface area (TPSA) is 146 Å². The van der Waals surface area contributed by atoms with Crippen molar-refractivity contribution in [1.82, 2.24) is 34.6 Å². The average Bonchev–Trinajstić information content (AvgIpc) is 3.89. The summed E-state index contributed by atoms with van der Waals surface area (Å²) in [4.78, 5) is 61.2. The Labute approximate surface area is 344 Å². The van der Waals surface area contributed by atoms with E-state index >= 15 is 0 Å². The molecule has 3 saturated carbocycles. The van der Waals surface area contributed by atoms with E-state index < -0.39 is 23.0 Å². The number of rotatable bonds is 10. The van der Waals surface area contributed by atoms with Gasteiger partial charge in [-0.25, -0.2) is 15.0 Å². The summed E-state index contributed by atoms with van der Waals surface area (Å²) < 4.78 is 8.45. The van der Waals surface area contributed by atoms with Crippen molar-refractivity contribution >= 4 is 59.5 Å². The molecule has 2 N–H and O–H groups in total. The molecule has 1 amide bonds. The molecule has 2 aliphatic heterocycles. The zero-order chi connectivity index (χ0) is 38.6. The van der Waals surface area contributed by atoms with Gasteiger partial charge in [0.15, 0.2) is 17.0 Å². The summed E-state index contributed by atoms with van der Waals surface area (Å²) in [5.41, 5.74) is -0.0197. The number of halogens is 2. The number of Topliss-reactive ketones (excluding diaryl/α,β-unsaturated/α-hetero) is 1. The molecule has 10 atom stereocenters. The van der Waals surface area contributed by atoms with Gasteiger partial charge in [-0.2, -0.15) is 0 Å². The minimum Gasteiger partial charge on any atom is -0.461 e. The van der Waals surface area contributed by atoms with Crippen LogP contribution in [0.5, 0.6) is 0 Å². The minimum absolute atomic E-state index is 0. The molecular formula is C41H64Cl2N8O5. The molecule has 0 spiro atoms. The maximum Gasteiger partial charge on any atom is 0.320 e. The van der Waals surface area contributed by atoms with Crippen LogP contribution in [0, 0.1) is 39.9 Å². The number of esters is 1. The molecule has 4 heterocycles. The van der Waals surface area contributed by atoms with Crippen molar-refractivity contribution in [2.45, 2.75) is 104 Å². The molecule has 0 aromatic carbocycles. The van der Waals surface area contributed by atoms with Crippen molar-refractivity contribution in [1.29, 1.82) is 0 Å². The van der Waals surface area contributed by atoms with Crippen molar-refractivity contribution in [2.24, 2.45) is 39.9 Å². The highest BCUT2D eigenvalue weighted by molar-refractivity contribution is 5.86. The number of fused-ring (bicyclic) bond motifs is 1. The third-order valence-corrected chi connectivity index (χ3v) is 15.0. The third-order valence-electron chi connectivity index (χ3n) is 15.0. The number of piperazine rings is 1. The number of carbonyl (C=O) groups is 3. The van der Waals surface area contributed by atoms with Crippen LogP contribution in [0.4, 0.5) is 5.82 Å². The Morgan fingerprint density at radius 3 is 2.55 bits per heavy atom. The number of amides is 1. The Balaban J connectivity index is 0.00000300. The number of carbonyl (C=O) groups excluding carboxylic acids is 3. The lowest BCUT2D eigenvalue weighted by Crippen LogP contribution is -2.63. The number of nitrogens with zero attached hydrogens (tertiary/aromatic N) is 7. The normalized spacial score (nSPS) is 35.9.